The number of hydrogen-bond donors (Lipinski definition) is 0. The highest BCUT2D eigenvalue weighted by Crippen LogP contribution is 2.21. The molecule has 0 saturated carbocycles. The number of ether oxygens (including phenoxy) is 2. The van der Waals surface area contributed by atoms with Crippen LogP contribution in [-0.4, -0.2) is 55.1 Å². The smallest absolute Gasteiger partial charge is 0.338 e. The fourth-order valence-corrected chi connectivity index (χ4v) is 2.65. The van der Waals surface area contributed by atoms with Crippen LogP contribution in [0.1, 0.15) is 34.1 Å². The summed E-state index contributed by atoms with van der Waals surface area (Å²) in [7, 11) is 1.18. The molecular weight excluding hydrogens is 316 g/mol. The summed E-state index contributed by atoms with van der Waals surface area (Å²) in [6, 6.07) is 3.61. The van der Waals surface area contributed by atoms with E-state index in [9.17, 15) is 19.7 Å². The molecule has 0 radical (unpaired) electrons. The molecule has 1 heterocycles. The molecule has 1 fully saturated rings. The molecule has 0 unspecified atom stereocenters. The minimum atomic E-state index is -0.722. The zero-order chi connectivity index (χ0) is 17.7. The van der Waals surface area contributed by atoms with Gasteiger partial charge in [-0.2, -0.15) is 0 Å². The fourth-order valence-electron chi connectivity index (χ4n) is 2.65. The molecule has 8 nitrogen and oxygen atoms in total. The first-order valence-electron chi connectivity index (χ1n) is 7.71. The number of nitro benzene ring substituents is 1. The highest BCUT2D eigenvalue weighted by atomic mass is 16.6. The van der Waals surface area contributed by atoms with Crippen LogP contribution in [0.25, 0.3) is 0 Å². The Bertz CT molecular complexity index is 639. The summed E-state index contributed by atoms with van der Waals surface area (Å²) in [5.74, 6) is -0.814. The number of carbonyl (C=O) groups is 2. The van der Waals surface area contributed by atoms with Crippen LogP contribution in [0.2, 0.25) is 0 Å². The van der Waals surface area contributed by atoms with Gasteiger partial charge in [-0.05, 0) is 19.4 Å². The number of methoxy groups -OCH3 is 1. The molecule has 2 rings (SSSR count). The van der Waals surface area contributed by atoms with E-state index in [1.165, 1.54) is 19.2 Å². The van der Waals surface area contributed by atoms with Gasteiger partial charge in [0.2, 0.25) is 0 Å². The van der Waals surface area contributed by atoms with Gasteiger partial charge in [-0.25, -0.2) is 4.79 Å². The summed E-state index contributed by atoms with van der Waals surface area (Å²) in [5.41, 5.74) is -0.234. The number of non-ortho nitro benzene ring substituents is 1. The molecule has 130 valence electrons. The summed E-state index contributed by atoms with van der Waals surface area (Å²) >= 11 is 0. The maximum absolute atomic E-state index is 12.7. The second-order valence-corrected chi connectivity index (χ2v) is 5.59. The van der Waals surface area contributed by atoms with Crippen LogP contribution in [0.3, 0.4) is 0 Å². The van der Waals surface area contributed by atoms with Gasteiger partial charge < -0.3 is 14.4 Å². The van der Waals surface area contributed by atoms with Crippen molar-refractivity contribution in [3.63, 3.8) is 0 Å². The zero-order valence-electron chi connectivity index (χ0n) is 13.7. The van der Waals surface area contributed by atoms with Crippen molar-refractivity contribution in [1.29, 1.82) is 0 Å². The van der Waals surface area contributed by atoms with Gasteiger partial charge in [0.25, 0.3) is 11.6 Å². The molecule has 0 spiro atoms. The number of nitrogens with zero attached hydrogens (tertiary/aromatic N) is 2. The maximum Gasteiger partial charge on any atom is 0.338 e. The normalized spacial score (nSPS) is 16.7. The summed E-state index contributed by atoms with van der Waals surface area (Å²) in [6.45, 7) is 4.11. The first-order valence-corrected chi connectivity index (χ1v) is 7.71. The summed E-state index contributed by atoms with van der Waals surface area (Å²) in [5, 5.41) is 11.1. The molecule has 1 aromatic rings. The standard InChI is InChI=1S/C16H20N2O6/c1-3-17(9-11-4-5-24-10-11)15(19)12-6-13(16(20)23-2)8-14(7-12)18(21)22/h6-8,11H,3-5,9-10H2,1-2H3/t11-/m1/s1. The molecule has 1 aliphatic heterocycles. The monoisotopic (exact) mass is 336 g/mol. The molecule has 0 bridgehead atoms. The van der Waals surface area contributed by atoms with Crippen LogP contribution in [0.4, 0.5) is 5.69 Å². The second kappa shape index (κ2) is 7.87. The lowest BCUT2D eigenvalue weighted by atomic mass is 10.1. The van der Waals surface area contributed by atoms with Crippen molar-refractivity contribution in [3.8, 4) is 0 Å². The lowest BCUT2D eigenvalue weighted by Gasteiger charge is -2.24. The minimum Gasteiger partial charge on any atom is -0.465 e. The van der Waals surface area contributed by atoms with E-state index in [1.54, 1.807) is 4.90 Å². The Hall–Kier alpha value is -2.48. The number of benzene rings is 1. The van der Waals surface area contributed by atoms with Crippen molar-refractivity contribution in [2.45, 2.75) is 13.3 Å². The van der Waals surface area contributed by atoms with Crippen molar-refractivity contribution in [2.24, 2.45) is 5.92 Å². The van der Waals surface area contributed by atoms with E-state index in [2.05, 4.69) is 4.74 Å². The topological polar surface area (TPSA) is 99.0 Å². The third-order valence-electron chi connectivity index (χ3n) is 3.97. The van der Waals surface area contributed by atoms with Crippen LogP contribution in [0.5, 0.6) is 0 Å². The van der Waals surface area contributed by atoms with Gasteiger partial charge >= 0.3 is 5.97 Å². The average Bonchev–Trinajstić information content (AvgIpc) is 3.10. The molecule has 8 heteroatoms. The van der Waals surface area contributed by atoms with Gasteiger partial charge in [-0.15, -0.1) is 0 Å². The number of esters is 1. The summed E-state index contributed by atoms with van der Waals surface area (Å²) < 4.78 is 9.91. The Morgan fingerprint density at radius 3 is 2.62 bits per heavy atom. The molecule has 24 heavy (non-hydrogen) atoms. The number of hydrogen-bond acceptors (Lipinski definition) is 6. The van der Waals surface area contributed by atoms with E-state index >= 15 is 0 Å². The molecule has 0 N–H and O–H groups in total. The van der Waals surface area contributed by atoms with E-state index in [-0.39, 0.29) is 28.6 Å². The maximum atomic E-state index is 12.7. The predicted octanol–water partition coefficient (Wildman–Crippen LogP) is 1.88. The largest absolute Gasteiger partial charge is 0.465 e. The highest BCUT2D eigenvalue weighted by molar-refractivity contribution is 5.99. The minimum absolute atomic E-state index is 0.0182. The van der Waals surface area contributed by atoms with Crippen LogP contribution < -0.4 is 0 Å². The Balaban J connectivity index is 2.29. The Morgan fingerprint density at radius 1 is 1.38 bits per heavy atom. The second-order valence-electron chi connectivity index (χ2n) is 5.59. The summed E-state index contributed by atoms with van der Waals surface area (Å²) in [6.07, 6.45) is 0.881. The summed E-state index contributed by atoms with van der Waals surface area (Å²) in [4.78, 5) is 36.5. The molecule has 0 aliphatic carbocycles. The van der Waals surface area contributed by atoms with Crippen molar-refractivity contribution in [3.05, 3.63) is 39.4 Å². The molecule has 1 aromatic carbocycles. The van der Waals surface area contributed by atoms with Crippen molar-refractivity contribution < 1.29 is 24.0 Å². The first-order chi connectivity index (χ1) is 11.5. The molecule has 1 saturated heterocycles. The quantitative estimate of drug-likeness (QED) is 0.447. The van der Waals surface area contributed by atoms with Crippen LogP contribution in [-0.2, 0) is 9.47 Å². The van der Waals surface area contributed by atoms with Crippen LogP contribution >= 0.6 is 0 Å². The molecular formula is C16H20N2O6. The van der Waals surface area contributed by atoms with E-state index < -0.39 is 10.9 Å². The number of rotatable bonds is 6. The van der Waals surface area contributed by atoms with E-state index in [4.69, 9.17) is 4.74 Å². The highest BCUT2D eigenvalue weighted by Gasteiger charge is 2.25. The van der Waals surface area contributed by atoms with Crippen LogP contribution in [0, 0.1) is 16.0 Å². The first kappa shape index (κ1) is 17.9. The fraction of sp³-hybridized carbons (Fsp3) is 0.500. The predicted molar refractivity (Wildman–Crippen MR) is 84.9 cm³/mol. The molecule has 1 atom stereocenters. The number of amides is 1. The van der Waals surface area contributed by atoms with E-state index in [1.807, 2.05) is 6.92 Å². The number of carbonyl (C=O) groups excluding carboxylic acids is 2. The van der Waals surface area contributed by atoms with Crippen LogP contribution in [0.15, 0.2) is 18.2 Å². The van der Waals surface area contributed by atoms with Gasteiger partial charge in [0.05, 0.1) is 24.2 Å². The van der Waals surface area contributed by atoms with E-state index in [0.717, 1.165) is 12.5 Å². The van der Waals surface area contributed by atoms with Gasteiger partial charge in [0.15, 0.2) is 0 Å². The lowest BCUT2D eigenvalue weighted by molar-refractivity contribution is -0.384. The lowest BCUT2D eigenvalue weighted by Crippen LogP contribution is -2.35. The van der Waals surface area contributed by atoms with Crippen molar-refractivity contribution >= 4 is 17.6 Å². The van der Waals surface area contributed by atoms with E-state index in [0.29, 0.717) is 26.3 Å². The van der Waals surface area contributed by atoms with Gasteiger partial charge in [0.1, 0.15) is 0 Å². The zero-order valence-corrected chi connectivity index (χ0v) is 13.7. The van der Waals surface area contributed by atoms with Crippen molar-refractivity contribution in [2.75, 3.05) is 33.4 Å². The Morgan fingerprint density at radius 2 is 2.08 bits per heavy atom. The average molecular weight is 336 g/mol. The Kier molecular flexibility index (Phi) is 5.86. The third kappa shape index (κ3) is 4.08. The van der Waals surface area contributed by atoms with Gasteiger partial charge in [0, 0.05) is 43.3 Å². The van der Waals surface area contributed by atoms with Gasteiger partial charge in [-0.3, -0.25) is 14.9 Å². The molecule has 0 aromatic heterocycles. The molecule has 1 amide bonds. The molecule has 1 aliphatic rings. The van der Waals surface area contributed by atoms with Crippen molar-refractivity contribution in [1.82, 2.24) is 4.90 Å². The SMILES string of the molecule is CCN(C[C@H]1CCOC1)C(=O)c1cc(C(=O)OC)cc([N+](=O)[O-])c1. The van der Waals surface area contributed by atoms with Gasteiger partial charge in [-0.1, -0.05) is 0 Å². The third-order valence-corrected chi connectivity index (χ3v) is 3.97. The number of nitro groups is 1. The Labute approximate surface area is 139 Å².